The van der Waals surface area contributed by atoms with E-state index >= 15 is 0 Å². The van der Waals surface area contributed by atoms with Gasteiger partial charge in [-0.15, -0.1) is 0 Å². The van der Waals surface area contributed by atoms with Crippen molar-refractivity contribution in [3.63, 3.8) is 0 Å². The summed E-state index contributed by atoms with van der Waals surface area (Å²) in [6.45, 7) is 0. The van der Waals surface area contributed by atoms with Crippen LogP contribution in [0.3, 0.4) is 0 Å². The molecule has 4 bridgehead atoms. The van der Waals surface area contributed by atoms with Gasteiger partial charge in [-0.2, -0.15) is 0 Å². The van der Waals surface area contributed by atoms with Crippen molar-refractivity contribution >= 4 is 66.4 Å². The Morgan fingerprint density at radius 2 is 2.00 bits per heavy atom. The fourth-order valence-corrected chi connectivity index (χ4v) is 288. The van der Waals surface area contributed by atoms with Crippen LogP contribution in [-0.2, 0) is 0 Å². The van der Waals surface area contributed by atoms with Gasteiger partial charge in [0.1, 0.15) is 0 Å². The van der Waals surface area contributed by atoms with Crippen molar-refractivity contribution in [2.75, 3.05) is 0 Å². The molecular weight excluding hydrogens is 400 g/mol. The Balaban J connectivity index is 2.00. The molecule has 4 heterocycles. The Labute approximate surface area is 76.9 Å². The van der Waals surface area contributed by atoms with Crippen LogP contribution in [0.15, 0.2) is 0 Å². The van der Waals surface area contributed by atoms with Crippen molar-refractivity contribution in [1.82, 2.24) is 0 Å². The second-order valence-electron chi connectivity index (χ2n) is 2.26. The fraction of sp³-hybridized carbons (Fsp3) is 1.00. The molecule has 0 aliphatic carbocycles. The average Bonchev–Trinajstić information content (AvgIpc) is 2.20. The van der Waals surface area contributed by atoms with E-state index in [-0.39, 0.29) is 49.8 Å². The zero-order chi connectivity index (χ0) is 5.84. The minimum atomic E-state index is -0.0729. The Morgan fingerprint density at radius 1 is 1.00 bits per heavy atom. The molecule has 9 heavy (non-hydrogen) atoms. The van der Waals surface area contributed by atoms with Crippen LogP contribution in [0.4, 0.5) is 0 Å². The number of rotatable bonds is 0. The van der Waals surface area contributed by atoms with Gasteiger partial charge in [-0.1, -0.05) is 0 Å². The predicted molar refractivity (Wildman–Crippen MR) is 52.6 cm³/mol. The van der Waals surface area contributed by atoms with Crippen LogP contribution >= 0.6 is 16.6 Å². The molecule has 4 unspecified atom stereocenters. The molecule has 4 aliphatic heterocycles. The summed E-state index contributed by atoms with van der Waals surface area (Å²) < 4.78 is 5.81. The standard InChI is InChI=1S/C3H6As4S2/c1-4-2-7-8-5(1)3-6(4)9-7/h1-3H2. The normalized spacial score (nSPS) is 61.3. The summed E-state index contributed by atoms with van der Waals surface area (Å²) in [5, 5.41) is 0. The molecule has 0 aromatic rings. The third-order valence-electron chi connectivity index (χ3n) is 1.59. The molecule has 0 amide bonds. The van der Waals surface area contributed by atoms with Crippen LogP contribution < -0.4 is 0 Å². The van der Waals surface area contributed by atoms with Crippen LogP contribution in [0.5, 0.6) is 0 Å². The molecule has 6 heteroatoms. The van der Waals surface area contributed by atoms with Crippen molar-refractivity contribution in [3.05, 3.63) is 0 Å². The molecule has 0 saturated carbocycles. The number of hydrogen-bond acceptors (Lipinski definition) is 2. The molecule has 4 atom stereocenters. The van der Waals surface area contributed by atoms with Crippen molar-refractivity contribution in [3.8, 4) is 0 Å². The van der Waals surface area contributed by atoms with Crippen molar-refractivity contribution < 1.29 is 0 Å². The van der Waals surface area contributed by atoms with Crippen LogP contribution in [0.2, 0.25) is 12.0 Å². The predicted octanol–water partition coefficient (Wildman–Crippen LogP) is 1.16. The summed E-state index contributed by atoms with van der Waals surface area (Å²) >= 11 is 0.0775. The molecule has 4 rings (SSSR count). The molecule has 50 valence electrons. The van der Waals surface area contributed by atoms with Crippen LogP contribution in [0, 0.1) is 0 Å². The zero-order valence-corrected chi connectivity index (χ0v) is 13.9. The molecule has 0 radical (unpaired) electrons. The van der Waals surface area contributed by atoms with Gasteiger partial charge in [0.05, 0.1) is 0 Å². The number of hydrogen-bond donors (Lipinski definition) is 0. The molecule has 0 spiro atoms. The quantitative estimate of drug-likeness (QED) is 0.555. The Hall–Kier alpha value is 2.93. The maximum atomic E-state index is 2.66. The van der Waals surface area contributed by atoms with Crippen molar-refractivity contribution in [2.24, 2.45) is 0 Å². The molecule has 0 aromatic carbocycles. The molecule has 0 aromatic heterocycles. The Morgan fingerprint density at radius 3 is 2.67 bits per heavy atom. The molecule has 0 N–H and O–H groups in total. The summed E-state index contributed by atoms with van der Waals surface area (Å²) in [6.07, 6.45) is 0. The van der Waals surface area contributed by atoms with Crippen LogP contribution in [0.1, 0.15) is 0 Å². The monoisotopic (exact) mass is 406 g/mol. The molecular formula is C3H6As4S2. The zero-order valence-electron chi connectivity index (χ0n) is 4.73. The second-order valence-corrected chi connectivity index (χ2v) is 58.6. The molecule has 4 aliphatic rings. The van der Waals surface area contributed by atoms with E-state index in [9.17, 15) is 0 Å². The van der Waals surface area contributed by atoms with E-state index in [0.717, 1.165) is 0 Å². The topological polar surface area (TPSA) is 0 Å². The first-order valence-electron chi connectivity index (χ1n) is 2.83. The van der Waals surface area contributed by atoms with E-state index in [1.54, 1.807) is 0 Å². The minimum absolute atomic E-state index is 0.0104. The van der Waals surface area contributed by atoms with Gasteiger partial charge in [-0.05, 0) is 0 Å². The first-order valence-corrected chi connectivity index (χ1v) is 26.6. The summed E-state index contributed by atoms with van der Waals surface area (Å²) in [5.74, 6) is 0. The van der Waals surface area contributed by atoms with E-state index in [1.807, 2.05) is 12.0 Å². The molecule has 4 fully saturated rings. The van der Waals surface area contributed by atoms with E-state index < -0.39 is 0 Å². The maximum absolute atomic E-state index is 2.66. The van der Waals surface area contributed by atoms with E-state index in [4.69, 9.17) is 0 Å². The third kappa shape index (κ3) is 1.20. The summed E-state index contributed by atoms with van der Waals surface area (Å²) in [7, 11) is 5.28. The van der Waals surface area contributed by atoms with Crippen LogP contribution in [0.25, 0.3) is 0 Å². The fourth-order valence-electron chi connectivity index (χ4n) is 1.20. The summed E-state index contributed by atoms with van der Waals surface area (Å²) in [4.78, 5) is 0. The Kier molecular flexibility index (Phi) is 2.22. The van der Waals surface area contributed by atoms with Crippen LogP contribution in [-0.4, -0.2) is 49.8 Å². The second kappa shape index (κ2) is 2.72. The molecule has 4 saturated heterocycles. The van der Waals surface area contributed by atoms with Crippen molar-refractivity contribution in [2.45, 2.75) is 12.0 Å². The summed E-state index contributed by atoms with van der Waals surface area (Å²) in [5.41, 5.74) is 0. The van der Waals surface area contributed by atoms with Gasteiger partial charge < -0.3 is 0 Å². The van der Waals surface area contributed by atoms with Gasteiger partial charge >= 0.3 is 78.4 Å². The SMILES string of the molecule is C1[As]2C[As]3S[As](C[As]13)S2. The van der Waals surface area contributed by atoms with Gasteiger partial charge in [-0.3, -0.25) is 0 Å². The van der Waals surface area contributed by atoms with E-state index in [1.165, 1.54) is 0 Å². The van der Waals surface area contributed by atoms with E-state index in [0.29, 0.717) is 0 Å². The molecule has 0 nitrogen and oxygen atoms in total. The van der Waals surface area contributed by atoms with Crippen molar-refractivity contribution in [1.29, 1.82) is 0 Å². The van der Waals surface area contributed by atoms with Gasteiger partial charge in [-0.25, -0.2) is 0 Å². The average molecular weight is 406 g/mol. The first-order chi connectivity index (χ1) is 4.42. The first kappa shape index (κ1) is 7.35. The van der Waals surface area contributed by atoms with Gasteiger partial charge in [0.15, 0.2) is 0 Å². The third-order valence-corrected chi connectivity index (χ3v) is 131. The Bertz CT molecular complexity index is 119. The summed E-state index contributed by atoms with van der Waals surface area (Å²) in [6, 6.07) is 0. The van der Waals surface area contributed by atoms with Gasteiger partial charge in [0.25, 0.3) is 0 Å². The van der Waals surface area contributed by atoms with Gasteiger partial charge in [0.2, 0.25) is 0 Å². The van der Waals surface area contributed by atoms with E-state index in [2.05, 4.69) is 16.6 Å². The van der Waals surface area contributed by atoms with Gasteiger partial charge in [0, 0.05) is 0 Å².